The van der Waals surface area contributed by atoms with E-state index in [1.54, 1.807) is 6.07 Å². The molecule has 0 saturated carbocycles. The van der Waals surface area contributed by atoms with Gasteiger partial charge in [0.05, 0.1) is 23.9 Å². The van der Waals surface area contributed by atoms with Gasteiger partial charge < -0.3 is 15.3 Å². The van der Waals surface area contributed by atoms with Crippen LogP contribution in [0.5, 0.6) is 0 Å². The Balaban J connectivity index is 1.72. The predicted octanol–water partition coefficient (Wildman–Crippen LogP) is 2.52. The average molecular weight is 358 g/mol. The van der Waals surface area contributed by atoms with Crippen LogP contribution in [0.15, 0.2) is 54.6 Å². The van der Waals surface area contributed by atoms with Gasteiger partial charge in [0.2, 0.25) is 7.37 Å². The molecule has 25 heavy (non-hydrogen) atoms. The maximum absolute atomic E-state index is 12.3. The Morgan fingerprint density at radius 1 is 1.12 bits per heavy atom. The largest absolute Gasteiger partial charge is 0.391 e. The van der Waals surface area contributed by atoms with Crippen molar-refractivity contribution >= 4 is 7.37 Å². The van der Waals surface area contributed by atoms with Gasteiger partial charge in [0, 0.05) is 12.7 Å². The molecule has 0 amide bonds. The average Bonchev–Trinajstić information content (AvgIpc) is 2.59. The normalized spacial score (nSPS) is 14.4. The standard InChI is InChI=1S/C19H23N2O3P/c20-12-18-8-4-7-16(11-18)9-10-21-13-19(22)15-25(23,24)14-17-5-2-1-3-6-17/h1-8,11,19,21-22H,9-10,13-15H2,(H,23,24)/t19-/m0/s1. The van der Waals surface area contributed by atoms with Crippen LogP contribution in [-0.2, 0) is 17.1 Å². The van der Waals surface area contributed by atoms with Crippen molar-refractivity contribution in [1.29, 1.82) is 5.26 Å². The summed E-state index contributed by atoms with van der Waals surface area (Å²) >= 11 is 0. The van der Waals surface area contributed by atoms with Crippen LogP contribution in [0.2, 0.25) is 0 Å². The van der Waals surface area contributed by atoms with Crippen molar-refractivity contribution in [2.75, 3.05) is 19.3 Å². The molecule has 5 nitrogen and oxygen atoms in total. The summed E-state index contributed by atoms with van der Waals surface area (Å²) in [5.74, 6) is 0. The quantitative estimate of drug-likeness (QED) is 0.473. The second-order valence-corrected chi connectivity index (χ2v) is 8.47. The molecular weight excluding hydrogens is 335 g/mol. The van der Waals surface area contributed by atoms with Crippen LogP contribution < -0.4 is 5.32 Å². The number of aliphatic hydroxyl groups is 1. The molecule has 1 unspecified atom stereocenters. The highest BCUT2D eigenvalue weighted by molar-refractivity contribution is 7.57. The lowest BCUT2D eigenvalue weighted by molar-refractivity contribution is 0.191. The number of hydrogen-bond donors (Lipinski definition) is 3. The molecule has 3 N–H and O–H groups in total. The monoisotopic (exact) mass is 358 g/mol. The van der Waals surface area contributed by atoms with E-state index in [1.165, 1.54) is 0 Å². The summed E-state index contributed by atoms with van der Waals surface area (Å²) in [6, 6.07) is 18.6. The topological polar surface area (TPSA) is 93.4 Å². The number of hydrogen-bond acceptors (Lipinski definition) is 4. The highest BCUT2D eigenvalue weighted by Gasteiger charge is 2.23. The molecule has 0 fully saturated rings. The second-order valence-electron chi connectivity index (χ2n) is 6.09. The highest BCUT2D eigenvalue weighted by atomic mass is 31.2. The number of rotatable bonds is 9. The van der Waals surface area contributed by atoms with E-state index in [1.807, 2.05) is 48.5 Å². The first kappa shape index (κ1) is 19.4. The fourth-order valence-corrected chi connectivity index (χ4v) is 4.32. The van der Waals surface area contributed by atoms with Crippen LogP contribution in [-0.4, -0.2) is 35.4 Å². The number of aliphatic hydroxyl groups excluding tert-OH is 1. The molecule has 0 aromatic heterocycles. The molecule has 2 rings (SSSR count). The van der Waals surface area contributed by atoms with Crippen molar-refractivity contribution in [2.45, 2.75) is 18.7 Å². The van der Waals surface area contributed by atoms with Crippen molar-refractivity contribution in [3.05, 3.63) is 71.3 Å². The van der Waals surface area contributed by atoms with E-state index in [4.69, 9.17) is 5.26 Å². The molecule has 0 spiro atoms. The predicted molar refractivity (Wildman–Crippen MR) is 98.6 cm³/mol. The van der Waals surface area contributed by atoms with Crippen LogP contribution in [0, 0.1) is 11.3 Å². The van der Waals surface area contributed by atoms with Crippen molar-refractivity contribution in [3.63, 3.8) is 0 Å². The second kappa shape index (κ2) is 9.50. The third-order valence-electron chi connectivity index (χ3n) is 3.79. The molecule has 0 radical (unpaired) electrons. The Bertz CT molecular complexity index is 759. The van der Waals surface area contributed by atoms with Gasteiger partial charge in [-0.2, -0.15) is 5.26 Å². The zero-order chi connectivity index (χ0) is 18.1. The van der Waals surface area contributed by atoms with E-state index < -0.39 is 13.5 Å². The lowest BCUT2D eigenvalue weighted by atomic mass is 10.1. The van der Waals surface area contributed by atoms with Crippen LogP contribution >= 0.6 is 7.37 Å². The Kier molecular flexibility index (Phi) is 7.36. The lowest BCUT2D eigenvalue weighted by Gasteiger charge is -2.17. The Labute approximate surface area is 148 Å². The number of nitrogens with zero attached hydrogens (tertiary/aromatic N) is 1. The van der Waals surface area contributed by atoms with Crippen LogP contribution in [0.1, 0.15) is 16.7 Å². The SMILES string of the molecule is N#Cc1cccc(CCNC[C@H](O)CP(=O)(O)Cc2ccccc2)c1. The first-order valence-corrected chi connectivity index (χ1v) is 10.2. The maximum atomic E-state index is 12.3. The van der Waals surface area contributed by atoms with E-state index >= 15 is 0 Å². The Morgan fingerprint density at radius 3 is 2.56 bits per heavy atom. The van der Waals surface area contributed by atoms with Gasteiger partial charge in [-0.25, -0.2) is 0 Å². The molecular formula is C19H23N2O3P. The van der Waals surface area contributed by atoms with Gasteiger partial charge in [-0.1, -0.05) is 42.5 Å². The van der Waals surface area contributed by atoms with Crippen molar-refractivity contribution < 1.29 is 14.6 Å². The summed E-state index contributed by atoms with van der Waals surface area (Å²) in [5, 5.41) is 22.0. The summed E-state index contributed by atoms with van der Waals surface area (Å²) in [4.78, 5) is 10.1. The molecule has 0 heterocycles. The number of benzene rings is 2. The van der Waals surface area contributed by atoms with Crippen LogP contribution in [0.25, 0.3) is 0 Å². The van der Waals surface area contributed by atoms with Crippen molar-refractivity contribution in [2.24, 2.45) is 0 Å². The first-order valence-electron chi connectivity index (χ1n) is 8.21. The zero-order valence-corrected chi connectivity index (χ0v) is 14.9. The van der Waals surface area contributed by atoms with Gasteiger partial charge in [0.25, 0.3) is 0 Å². The minimum atomic E-state index is -3.41. The van der Waals surface area contributed by atoms with Gasteiger partial charge in [0.15, 0.2) is 0 Å². The lowest BCUT2D eigenvalue weighted by Crippen LogP contribution is -2.31. The minimum Gasteiger partial charge on any atom is -0.391 e. The number of nitriles is 1. The fourth-order valence-electron chi connectivity index (χ4n) is 2.62. The molecule has 0 aliphatic heterocycles. The summed E-state index contributed by atoms with van der Waals surface area (Å²) in [7, 11) is -3.41. The van der Waals surface area contributed by atoms with Crippen LogP contribution in [0.4, 0.5) is 0 Å². The summed E-state index contributed by atoms with van der Waals surface area (Å²) in [6.45, 7) is 0.887. The Hall–Kier alpha value is -1.96. The first-order chi connectivity index (χ1) is 12.0. The summed E-state index contributed by atoms with van der Waals surface area (Å²) in [5.41, 5.74) is 2.46. The third kappa shape index (κ3) is 7.21. The molecule has 0 aliphatic carbocycles. The molecule has 2 atom stereocenters. The van der Waals surface area contributed by atoms with Crippen molar-refractivity contribution in [1.82, 2.24) is 5.32 Å². The minimum absolute atomic E-state index is 0.0752. The van der Waals surface area contributed by atoms with Crippen LogP contribution in [0.3, 0.4) is 0 Å². The van der Waals surface area contributed by atoms with Gasteiger partial charge >= 0.3 is 0 Å². The molecule has 6 heteroatoms. The Morgan fingerprint density at radius 2 is 1.84 bits per heavy atom. The highest BCUT2D eigenvalue weighted by Crippen LogP contribution is 2.44. The molecule has 132 valence electrons. The van der Waals surface area contributed by atoms with E-state index in [2.05, 4.69) is 11.4 Å². The number of nitrogens with one attached hydrogen (secondary N) is 1. The molecule has 2 aromatic carbocycles. The van der Waals surface area contributed by atoms with Gasteiger partial charge in [-0.15, -0.1) is 0 Å². The van der Waals surface area contributed by atoms with E-state index in [-0.39, 0.29) is 18.9 Å². The fraction of sp³-hybridized carbons (Fsp3) is 0.316. The molecule has 0 bridgehead atoms. The van der Waals surface area contributed by atoms with E-state index in [0.717, 1.165) is 17.5 Å². The summed E-state index contributed by atoms with van der Waals surface area (Å²) < 4.78 is 12.3. The van der Waals surface area contributed by atoms with Gasteiger partial charge in [-0.3, -0.25) is 4.57 Å². The molecule has 2 aromatic rings. The molecule has 0 aliphatic rings. The summed E-state index contributed by atoms with van der Waals surface area (Å²) in [6.07, 6.45) is -0.196. The molecule has 0 saturated heterocycles. The van der Waals surface area contributed by atoms with Gasteiger partial charge in [0.1, 0.15) is 0 Å². The third-order valence-corrected chi connectivity index (χ3v) is 5.65. The van der Waals surface area contributed by atoms with Gasteiger partial charge in [-0.05, 0) is 36.2 Å². The zero-order valence-electron chi connectivity index (χ0n) is 14.0. The smallest absolute Gasteiger partial charge is 0.207 e. The maximum Gasteiger partial charge on any atom is 0.207 e. The van der Waals surface area contributed by atoms with E-state index in [0.29, 0.717) is 12.1 Å². The van der Waals surface area contributed by atoms with E-state index in [9.17, 15) is 14.6 Å². The van der Waals surface area contributed by atoms with Crippen molar-refractivity contribution in [3.8, 4) is 6.07 Å².